The van der Waals surface area contributed by atoms with E-state index in [4.69, 9.17) is 23.7 Å². The Morgan fingerprint density at radius 3 is 2.64 bits per heavy atom. The number of benzene rings is 1. The summed E-state index contributed by atoms with van der Waals surface area (Å²) in [5.41, 5.74) is 1.50. The maximum atomic E-state index is 11.7. The van der Waals surface area contributed by atoms with Crippen LogP contribution < -0.4 is 0 Å². The van der Waals surface area contributed by atoms with Crippen molar-refractivity contribution in [2.75, 3.05) is 0 Å². The molecule has 0 amide bonds. The van der Waals surface area contributed by atoms with Gasteiger partial charge in [0.25, 0.3) is 0 Å². The average molecular weight is 346 g/mol. The Hall–Kier alpha value is -1.73. The van der Waals surface area contributed by atoms with Crippen molar-refractivity contribution in [3.8, 4) is 0 Å². The molecule has 6 heteroatoms. The molecule has 3 aliphatic rings. The number of cyclic esters (lactones) is 1. The van der Waals surface area contributed by atoms with Crippen LogP contribution in [-0.4, -0.2) is 42.5 Å². The Kier molecular flexibility index (Phi) is 4.16. The van der Waals surface area contributed by atoms with Crippen LogP contribution >= 0.6 is 0 Å². The van der Waals surface area contributed by atoms with Crippen LogP contribution in [0, 0.1) is 0 Å². The van der Waals surface area contributed by atoms with Gasteiger partial charge in [0.2, 0.25) is 0 Å². The highest BCUT2D eigenvalue weighted by Gasteiger charge is 2.58. The maximum Gasteiger partial charge on any atom is 0.333 e. The third kappa shape index (κ3) is 3.22. The van der Waals surface area contributed by atoms with Crippen molar-refractivity contribution in [1.29, 1.82) is 0 Å². The zero-order valence-corrected chi connectivity index (χ0v) is 14.3. The first-order valence-electron chi connectivity index (χ1n) is 8.48. The van der Waals surface area contributed by atoms with Gasteiger partial charge in [-0.05, 0) is 19.4 Å². The zero-order chi connectivity index (χ0) is 17.6. The molecule has 0 bridgehead atoms. The van der Waals surface area contributed by atoms with Gasteiger partial charge >= 0.3 is 5.97 Å². The fourth-order valence-corrected chi connectivity index (χ4v) is 3.53. The van der Waals surface area contributed by atoms with E-state index in [1.165, 1.54) is 0 Å². The van der Waals surface area contributed by atoms with Gasteiger partial charge < -0.3 is 23.7 Å². The summed E-state index contributed by atoms with van der Waals surface area (Å²) < 4.78 is 29.3. The number of hydrogen-bond donors (Lipinski definition) is 0. The number of hydrogen-bond acceptors (Lipinski definition) is 6. The molecule has 3 aliphatic heterocycles. The normalized spacial score (nSPS) is 36.5. The predicted octanol–water partition coefficient (Wildman–Crippen LogP) is 2.32. The molecular weight excluding hydrogens is 324 g/mol. The molecule has 0 saturated carbocycles. The molecule has 4 rings (SSSR count). The number of carbonyl (C=O) groups excluding carboxylic acids is 1. The van der Waals surface area contributed by atoms with E-state index in [9.17, 15) is 4.79 Å². The number of rotatable bonds is 4. The van der Waals surface area contributed by atoms with Gasteiger partial charge in [-0.15, -0.1) is 0 Å². The van der Waals surface area contributed by atoms with Crippen molar-refractivity contribution in [3.05, 3.63) is 48.0 Å². The topological polar surface area (TPSA) is 63.2 Å². The Morgan fingerprint density at radius 2 is 1.96 bits per heavy atom. The van der Waals surface area contributed by atoms with E-state index in [1.54, 1.807) is 0 Å². The molecule has 3 heterocycles. The average Bonchev–Trinajstić information content (AvgIpc) is 3.16. The van der Waals surface area contributed by atoms with Crippen LogP contribution in [0.15, 0.2) is 42.5 Å². The first kappa shape index (κ1) is 16.7. The van der Waals surface area contributed by atoms with Crippen LogP contribution in [0.2, 0.25) is 0 Å². The summed E-state index contributed by atoms with van der Waals surface area (Å²) in [6, 6.07) is 9.88. The van der Waals surface area contributed by atoms with Crippen LogP contribution in [0.3, 0.4) is 0 Å². The van der Waals surface area contributed by atoms with Crippen LogP contribution in [-0.2, 0) is 35.1 Å². The highest BCUT2D eigenvalue weighted by atomic mass is 16.8. The van der Waals surface area contributed by atoms with Crippen molar-refractivity contribution in [1.82, 2.24) is 0 Å². The van der Waals surface area contributed by atoms with E-state index in [0.717, 1.165) is 5.56 Å². The molecule has 6 nitrogen and oxygen atoms in total. The second-order valence-corrected chi connectivity index (χ2v) is 7.08. The lowest BCUT2D eigenvalue weighted by Gasteiger charge is -2.28. The minimum Gasteiger partial charge on any atom is -0.456 e. The van der Waals surface area contributed by atoms with Crippen LogP contribution in [0.1, 0.15) is 25.8 Å². The molecule has 0 N–H and O–H groups in total. The third-order valence-corrected chi connectivity index (χ3v) is 4.67. The zero-order valence-electron chi connectivity index (χ0n) is 14.3. The summed E-state index contributed by atoms with van der Waals surface area (Å²) >= 11 is 0. The number of carbonyl (C=O) groups is 1. The van der Waals surface area contributed by atoms with Crippen molar-refractivity contribution in [2.45, 2.75) is 63.4 Å². The summed E-state index contributed by atoms with van der Waals surface area (Å²) in [5, 5.41) is 0. The Bertz CT molecular complexity index is 654. The second-order valence-electron chi connectivity index (χ2n) is 7.08. The summed E-state index contributed by atoms with van der Waals surface area (Å²) in [6.45, 7) is 7.84. The summed E-state index contributed by atoms with van der Waals surface area (Å²) in [4.78, 5) is 11.7. The predicted molar refractivity (Wildman–Crippen MR) is 87.4 cm³/mol. The number of fused-ring (bicyclic) bond motifs is 1. The molecule has 0 radical (unpaired) electrons. The van der Waals surface area contributed by atoms with Crippen molar-refractivity contribution >= 4 is 5.97 Å². The minimum absolute atomic E-state index is 0.365. The smallest absolute Gasteiger partial charge is 0.333 e. The standard InChI is InChI=1S/C19H22O6/c1-11-9-13(22-17(11)20)14-15(21-10-12-7-5-4-6-8-12)16-18(23-14)25-19(2,3)24-16/h4-8,13-16,18H,1,9-10H2,2-3H3. The molecule has 1 aromatic carbocycles. The lowest BCUT2D eigenvalue weighted by molar-refractivity contribution is -0.230. The van der Waals surface area contributed by atoms with Crippen LogP contribution in [0.25, 0.3) is 0 Å². The van der Waals surface area contributed by atoms with E-state index in [1.807, 2.05) is 44.2 Å². The van der Waals surface area contributed by atoms with Gasteiger partial charge in [0.05, 0.1) is 6.61 Å². The lowest BCUT2D eigenvalue weighted by atomic mass is 10.0. The lowest BCUT2D eigenvalue weighted by Crippen LogP contribution is -2.42. The summed E-state index contributed by atoms with van der Waals surface area (Å²) in [7, 11) is 0. The van der Waals surface area contributed by atoms with E-state index in [2.05, 4.69) is 6.58 Å². The van der Waals surface area contributed by atoms with Crippen LogP contribution in [0.5, 0.6) is 0 Å². The van der Waals surface area contributed by atoms with Gasteiger partial charge in [-0.3, -0.25) is 0 Å². The van der Waals surface area contributed by atoms with Gasteiger partial charge in [-0.2, -0.15) is 0 Å². The molecule has 25 heavy (non-hydrogen) atoms. The van der Waals surface area contributed by atoms with Crippen molar-refractivity contribution < 1.29 is 28.5 Å². The molecule has 5 atom stereocenters. The van der Waals surface area contributed by atoms with Gasteiger partial charge in [0.15, 0.2) is 12.1 Å². The Labute approximate surface area is 146 Å². The van der Waals surface area contributed by atoms with E-state index < -0.39 is 30.4 Å². The van der Waals surface area contributed by atoms with E-state index in [0.29, 0.717) is 18.6 Å². The maximum absolute atomic E-state index is 11.7. The largest absolute Gasteiger partial charge is 0.456 e. The molecule has 3 fully saturated rings. The third-order valence-electron chi connectivity index (χ3n) is 4.67. The molecule has 0 aromatic heterocycles. The summed E-state index contributed by atoms with van der Waals surface area (Å²) in [5.74, 6) is -1.11. The molecular formula is C19H22O6. The molecule has 1 aromatic rings. The molecule has 0 spiro atoms. The van der Waals surface area contributed by atoms with Gasteiger partial charge in [0, 0.05) is 12.0 Å². The molecule has 5 unspecified atom stereocenters. The highest BCUT2D eigenvalue weighted by molar-refractivity contribution is 5.90. The monoisotopic (exact) mass is 346 g/mol. The van der Waals surface area contributed by atoms with Gasteiger partial charge in [-0.25, -0.2) is 4.79 Å². The van der Waals surface area contributed by atoms with Crippen molar-refractivity contribution in [3.63, 3.8) is 0 Å². The van der Waals surface area contributed by atoms with Crippen molar-refractivity contribution in [2.24, 2.45) is 0 Å². The number of esters is 1. The quantitative estimate of drug-likeness (QED) is 0.616. The van der Waals surface area contributed by atoms with E-state index in [-0.39, 0.29) is 12.1 Å². The second kappa shape index (κ2) is 6.21. The SMILES string of the molecule is C=C1CC(C2OC3OC(C)(C)OC3C2OCc2ccccc2)OC1=O. The van der Waals surface area contributed by atoms with Gasteiger partial charge in [0.1, 0.15) is 24.4 Å². The Balaban J connectivity index is 1.51. The van der Waals surface area contributed by atoms with E-state index >= 15 is 0 Å². The minimum atomic E-state index is -0.732. The first-order valence-corrected chi connectivity index (χ1v) is 8.48. The fraction of sp³-hybridized carbons (Fsp3) is 0.526. The Morgan fingerprint density at radius 1 is 1.20 bits per heavy atom. The number of ether oxygens (including phenoxy) is 5. The highest BCUT2D eigenvalue weighted by Crippen LogP contribution is 2.42. The van der Waals surface area contributed by atoms with Gasteiger partial charge in [-0.1, -0.05) is 36.9 Å². The molecule has 0 aliphatic carbocycles. The van der Waals surface area contributed by atoms with Crippen LogP contribution in [0.4, 0.5) is 0 Å². The molecule has 3 saturated heterocycles. The summed E-state index contributed by atoms with van der Waals surface area (Å²) in [6.07, 6.45) is -1.74. The molecule has 134 valence electrons. The first-order chi connectivity index (χ1) is 11.9. The fourth-order valence-electron chi connectivity index (χ4n) is 3.53.